The number of rotatable bonds is 8. The molecule has 9 nitrogen and oxygen atoms in total. The maximum absolute atomic E-state index is 13.5. The van der Waals surface area contributed by atoms with Gasteiger partial charge in [0.15, 0.2) is 0 Å². The molecule has 0 saturated carbocycles. The molecule has 36 heavy (non-hydrogen) atoms. The molecular formula is C26H29ClN6O3. The van der Waals surface area contributed by atoms with Crippen LogP contribution in [0.4, 0.5) is 5.82 Å². The van der Waals surface area contributed by atoms with Crippen molar-refractivity contribution in [3.05, 3.63) is 69.9 Å². The summed E-state index contributed by atoms with van der Waals surface area (Å²) < 4.78 is 13.2. The van der Waals surface area contributed by atoms with Gasteiger partial charge in [0, 0.05) is 44.1 Å². The topological polar surface area (TPSA) is 94.4 Å². The van der Waals surface area contributed by atoms with Crippen molar-refractivity contribution in [3.63, 3.8) is 0 Å². The number of benzene rings is 1. The van der Waals surface area contributed by atoms with Gasteiger partial charge in [0.1, 0.15) is 23.1 Å². The Labute approximate surface area is 214 Å². The molecule has 1 atom stereocenters. The first-order valence-electron chi connectivity index (χ1n) is 12.4. The van der Waals surface area contributed by atoms with Gasteiger partial charge in [-0.25, -0.2) is 4.98 Å². The first-order chi connectivity index (χ1) is 17.5. The van der Waals surface area contributed by atoms with Crippen molar-refractivity contribution in [1.82, 2.24) is 25.1 Å². The number of nitrogens with zero attached hydrogens (tertiary/aromatic N) is 5. The first-order valence-corrected chi connectivity index (χ1v) is 12.7. The molecule has 6 rings (SSSR count). The summed E-state index contributed by atoms with van der Waals surface area (Å²) in [6.07, 6.45) is 4.88. The summed E-state index contributed by atoms with van der Waals surface area (Å²) in [5.74, 6) is 1.41. The Bertz CT molecular complexity index is 1280. The van der Waals surface area contributed by atoms with Gasteiger partial charge in [-0.1, -0.05) is 23.7 Å². The van der Waals surface area contributed by atoms with Gasteiger partial charge in [0.05, 0.1) is 25.9 Å². The van der Waals surface area contributed by atoms with Gasteiger partial charge in [-0.15, -0.1) is 10.2 Å². The summed E-state index contributed by atoms with van der Waals surface area (Å²) >= 11 is 6.36. The second-order valence-electron chi connectivity index (χ2n) is 9.99. The van der Waals surface area contributed by atoms with Crippen molar-refractivity contribution in [1.29, 1.82) is 0 Å². The third-order valence-corrected chi connectivity index (χ3v) is 7.62. The predicted octanol–water partition coefficient (Wildman–Crippen LogP) is 2.80. The standard InChI is InChI=1S/C26H29ClN6O3/c1-32-16-29-31-24(32)10-26(14-35-15-26)19-5-4-18-13-33(25(34)21(18)9-19)23-8-17(7-22(27)30-23)11-28-12-20-3-2-6-36-20/h4-5,7-9,16,20,28H,2-3,6,10-15H2,1H3. The fraction of sp³-hybridized carbons (Fsp3) is 0.462. The first kappa shape index (κ1) is 23.5. The molecular weight excluding hydrogens is 480 g/mol. The van der Waals surface area contributed by atoms with Crippen molar-refractivity contribution in [2.75, 3.05) is 31.3 Å². The van der Waals surface area contributed by atoms with Gasteiger partial charge in [0.25, 0.3) is 5.91 Å². The number of amides is 1. The molecule has 1 amide bonds. The maximum Gasteiger partial charge on any atom is 0.260 e. The molecule has 2 saturated heterocycles. The number of carbonyl (C=O) groups excluding carboxylic acids is 1. The lowest BCUT2D eigenvalue weighted by Gasteiger charge is -2.41. The van der Waals surface area contributed by atoms with Gasteiger partial charge in [-0.2, -0.15) is 0 Å². The number of aryl methyl sites for hydroxylation is 1. The number of nitrogens with one attached hydrogen (secondary N) is 1. The summed E-state index contributed by atoms with van der Waals surface area (Å²) in [4.78, 5) is 19.7. The number of hydrogen-bond acceptors (Lipinski definition) is 7. The fourth-order valence-electron chi connectivity index (χ4n) is 5.26. The smallest absolute Gasteiger partial charge is 0.260 e. The second-order valence-corrected chi connectivity index (χ2v) is 10.4. The summed E-state index contributed by atoms with van der Waals surface area (Å²) in [5.41, 5.74) is 3.55. The van der Waals surface area contributed by atoms with Crippen molar-refractivity contribution in [2.45, 2.75) is 43.9 Å². The molecule has 5 heterocycles. The highest BCUT2D eigenvalue weighted by atomic mass is 35.5. The van der Waals surface area contributed by atoms with Gasteiger partial charge < -0.3 is 19.4 Å². The van der Waals surface area contributed by atoms with Gasteiger partial charge >= 0.3 is 0 Å². The van der Waals surface area contributed by atoms with Crippen LogP contribution in [0.15, 0.2) is 36.7 Å². The van der Waals surface area contributed by atoms with Crippen LogP contribution in [-0.4, -0.2) is 58.1 Å². The van der Waals surface area contributed by atoms with Gasteiger partial charge in [-0.3, -0.25) is 9.69 Å². The Balaban J connectivity index is 1.20. The molecule has 0 bridgehead atoms. The van der Waals surface area contributed by atoms with E-state index < -0.39 is 0 Å². The lowest BCUT2D eigenvalue weighted by molar-refractivity contribution is -0.0611. The minimum atomic E-state index is -0.209. The third-order valence-electron chi connectivity index (χ3n) is 7.43. The van der Waals surface area contributed by atoms with E-state index in [0.717, 1.165) is 48.5 Å². The van der Waals surface area contributed by atoms with E-state index in [0.29, 0.717) is 49.3 Å². The largest absolute Gasteiger partial charge is 0.379 e. The van der Waals surface area contributed by atoms with Crippen LogP contribution in [0.5, 0.6) is 0 Å². The minimum Gasteiger partial charge on any atom is -0.379 e. The van der Waals surface area contributed by atoms with Crippen LogP contribution in [0.25, 0.3) is 0 Å². The van der Waals surface area contributed by atoms with E-state index in [4.69, 9.17) is 21.1 Å². The monoisotopic (exact) mass is 508 g/mol. The van der Waals surface area contributed by atoms with Crippen LogP contribution >= 0.6 is 11.6 Å². The quantitative estimate of drug-likeness (QED) is 0.467. The summed E-state index contributed by atoms with van der Waals surface area (Å²) in [6, 6.07) is 9.96. The highest BCUT2D eigenvalue weighted by Gasteiger charge is 2.43. The van der Waals surface area contributed by atoms with E-state index in [1.165, 1.54) is 0 Å². The lowest BCUT2D eigenvalue weighted by Crippen LogP contribution is -2.49. The van der Waals surface area contributed by atoms with Crippen molar-refractivity contribution in [3.8, 4) is 0 Å². The van der Waals surface area contributed by atoms with Crippen molar-refractivity contribution >= 4 is 23.3 Å². The van der Waals surface area contributed by atoms with Gasteiger partial charge in [-0.05, 0) is 47.7 Å². The Morgan fingerprint density at radius 1 is 1.25 bits per heavy atom. The predicted molar refractivity (Wildman–Crippen MR) is 134 cm³/mol. The molecule has 1 aromatic carbocycles. The molecule has 10 heteroatoms. The maximum atomic E-state index is 13.5. The molecule has 3 aliphatic rings. The van der Waals surface area contributed by atoms with Crippen molar-refractivity contribution < 1.29 is 14.3 Å². The average molecular weight is 509 g/mol. The highest BCUT2D eigenvalue weighted by Crippen LogP contribution is 2.38. The number of carbonyl (C=O) groups is 1. The molecule has 0 aliphatic carbocycles. The zero-order chi connectivity index (χ0) is 24.7. The van der Waals surface area contributed by atoms with Crippen LogP contribution in [0, 0.1) is 0 Å². The number of ether oxygens (including phenoxy) is 2. The Kier molecular flexibility index (Phi) is 6.25. The zero-order valence-corrected chi connectivity index (χ0v) is 21.0. The third kappa shape index (κ3) is 4.41. The fourth-order valence-corrected chi connectivity index (χ4v) is 5.49. The number of hydrogen-bond donors (Lipinski definition) is 1. The molecule has 3 aromatic rings. The Morgan fingerprint density at radius 3 is 2.86 bits per heavy atom. The van der Waals surface area contributed by atoms with Crippen molar-refractivity contribution in [2.24, 2.45) is 7.05 Å². The number of anilines is 1. The normalized spacial score (nSPS) is 20.6. The molecule has 0 radical (unpaired) electrons. The molecule has 2 aromatic heterocycles. The number of aromatic nitrogens is 4. The number of pyridine rings is 1. The molecule has 2 fully saturated rings. The Morgan fingerprint density at radius 2 is 2.14 bits per heavy atom. The molecule has 188 valence electrons. The summed E-state index contributed by atoms with van der Waals surface area (Å²) in [7, 11) is 1.94. The van der Waals surface area contributed by atoms with E-state index in [-0.39, 0.29) is 17.4 Å². The van der Waals surface area contributed by atoms with Crippen LogP contribution in [0.2, 0.25) is 5.15 Å². The van der Waals surface area contributed by atoms with E-state index in [1.807, 2.05) is 35.9 Å². The zero-order valence-electron chi connectivity index (χ0n) is 20.2. The highest BCUT2D eigenvalue weighted by molar-refractivity contribution is 6.29. The van der Waals surface area contributed by atoms with Crippen LogP contribution in [-0.2, 0) is 41.4 Å². The lowest BCUT2D eigenvalue weighted by atomic mass is 9.75. The van der Waals surface area contributed by atoms with E-state index in [1.54, 1.807) is 11.2 Å². The van der Waals surface area contributed by atoms with Gasteiger partial charge in [0.2, 0.25) is 0 Å². The second kappa shape index (κ2) is 9.55. The SMILES string of the molecule is Cn1cnnc1CC1(c2ccc3c(c2)C(=O)N(c2cc(CNCC4CCCO4)cc(Cl)n2)C3)COC1. The summed E-state index contributed by atoms with van der Waals surface area (Å²) in [6.45, 7) is 3.93. The van der Waals surface area contributed by atoms with E-state index in [2.05, 4.69) is 26.6 Å². The Hall–Kier alpha value is -2.85. The number of halogens is 1. The molecule has 1 N–H and O–H groups in total. The average Bonchev–Trinajstić information content (AvgIpc) is 3.57. The summed E-state index contributed by atoms with van der Waals surface area (Å²) in [5, 5.41) is 12.1. The molecule has 3 aliphatic heterocycles. The minimum absolute atomic E-state index is 0.0612. The molecule has 0 spiro atoms. The van der Waals surface area contributed by atoms with Crippen LogP contribution in [0.3, 0.4) is 0 Å². The van der Waals surface area contributed by atoms with Crippen LogP contribution < -0.4 is 10.2 Å². The molecule has 1 unspecified atom stereocenters. The van der Waals surface area contributed by atoms with Crippen LogP contribution in [0.1, 0.15) is 45.7 Å². The van der Waals surface area contributed by atoms with E-state index >= 15 is 0 Å². The van der Waals surface area contributed by atoms with E-state index in [9.17, 15) is 4.79 Å². The number of fused-ring (bicyclic) bond motifs is 1.